The number of piperidine rings is 1. The molecule has 0 bridgehead atoms. The summed E-state index contributed by atoms with van der Waals surface area (Å²) in [7, 11) is 0. The normalized spacial score (nSPS) is 31.1. The third kappa shape index (κ3) is 2.82. The minimum Gasteiger partial charge on any atom is -0.443 e. The zero-order valence-corrected chi connectivity index (χ0v) is 9.03. The van der Waals surface area contributed by atoms with E-state index in [9.17, 15) is 9.90 Å². The fraction of sp³-hybridized carbons (Fsp3) is 0.900. The number of hydrogen-bond donors (Lipinski definition) is 2. The highest BCUT2D eigenvalue weighted by molar-refractivity contribution is 5.69. The van der Waals surface area contributed by atoms with E-state index in [1.54, 1.807) is 0 Å². The van der Waals surface area contributed by atoms with Crippen LogP contribution >= 0.6 is 0 Å². The zero-order valence-electron chi connectivity index (χ0n) is 9.03. The van der Waals surface area contributed by atoms with Crippen molar-refractivity contribution in [3.63, 3.8) is 0 Å². The Kier molecular flexibility index (Phi) is 2.84. The maximum absolute atomic E-state index is 10.8. The molecular weight excluding hydrogens is 196 g/mol. The zero-order chi connectivity index (χ0) is 10.9. The van der Waals surface area contributed by atoms with Crippen LogP contribution in [0, 0.1) is 0 Å². The van der Waals surface area contributed by atoms with Gasteiger partial charge in [0.05, 0.1) is 12.1 Å². The third-order valence-corrected chi connectivity index (χ3v) is 3.14. The first kappa shape index (κ1) is 10.7. The summed E-state index contributed by atoms with van der Waals surface area (Å²) in [6.07, 6.45) is 1.24. The highest BCUT2D eigenvalue weighted by Crippen LogP contribution is 2.21. The Morgan fingerprint density at radius 2 is 2.27 bits per heavy atom. The van der Waals surface area contributed by atoms with Crippen LogP contribution in [0.25, 0.3) is 0 Å². The summed E-state index contributed by atoms with van der Waals surface area (Å²) in [5.41, 5.74) is -0.513. The van der Waals surface area contributed by atoms with Crippen molar-refractivity contribution in [3.05, 3.63) is 0 Å². The van der Waals surface area contributed by atoms with E-state index < -0.39 is 5.60 Å². The number of amides is 1. The molecule has 0 aromatic heterocycles. The number of nitrogens with one attached hydrogen (secondary N) is 1. The molecule has 2 aliphatic heterocycles. The molecule has 2 fully saturated rings. The Morgan fingerprint density at radius 1 is 1.60 bits per heavy atom. The van der Waals surface area contributed by atoms with Crippen LogP contribution in [0.4, 0.5) is 4.79 Å². The van der Waals surface area contributed by atoms with Gasteiger partial charge >= 0.3 is 6.09 Å². The van der Waals surface area contributed by atoms with Crippen LogP contribution < -0.4 is 5.32 Å². The van der Waals surface area contributed by atoms with Crippen molar-refractivity contribution in [2.45, 2.75) is 31.5 Å². The fourth-order valence-corrected chi connectivity index (χ4v) is 2.04. The molecule has 15 heavy (non-hydrogen) atoms. The second kappa shape index (κ2) is 3.98. The van der Waals surface area contributed by atoms with Gasteiger partial charge in [0.15, 0.2) is 0 Å². The molecule has 2 rings (SSSR count). The van der Waals surface area contributed by atoms with E-state index in [1.807, 2.05) is 6.92 Å². The minimum atomic E-state index is -0.513. The summed E-state index contributed by atoms with van der Waals surface area (Å²) in [6, 6.07) is 0. The minimum absolute atomic E-state index is 0.0273. The van der Waals surface area contributed by atoms with Gasteiger partial charge in [-0.15, -0.1) is 0 Å². The summed E-state index contributed by atoms with van der Waals surface area (Å²) in [6.45, 7) is 5.00. The summed E-state index contributed by atoms with van der Waals surface area (Å²) in [4.78, 5) is 13.0. The van der Waals surface area contributed by atoms with Gasteiger partial charge < -0.3 is 15.2 Å². The van der Waals surface area contributed by atoms with Crippen LogP contribution in [-0.4, -0.2) is 54.0 Å². The Labute approximate surface area is 89.4 Å². The van der Waals surface area contributed by atoms with Gasteiger partial charge in [0, 0.05) is 19.6 Å². The molecule has 5 nitrogen and oxygen atoms in total. The van der Waals surface area contributed by atoms with Gasteiger partial charge in [-0.25, -0.2) is 4.79 Å². The van der Waals surface area contributed by atoms with Gasteiger partial charge in [0.1, 0.15) is 6.10 Å². The van der Waals surface area contributed by atoms with Gasteiger partial charge in [-0.2, -0.15) is 0 Å². The van der Waals surface area contributed by atoms with E-state index in [-0.39, 0.29) is 12.2 Å². The largest absolute Gasteiger partial charge is 0.443 e. The smallest absolute Gasteiger partial charge is 0.407 e. The summed E-state index contributed by atoms with van der Waals surface area (Å²) >= 11 is 0. The van der Waals surface area contributed by atoms with Crippen molar-refractivity contribution >= 4 is 6.09 Å². The van der Waals surface area contributed by atoms with Gasteiger partial charge in [0.2, 0.25) is 0 Å². The maximum Gasteiger partial charge on any atom is 0.407 e. The number of likely N-dealkylation sites (tertiary alicyclic amines) is 1. The van der Waals surface area contributed by atoms with E-state index >= 15 is 0 Å². The van der Waals surface area contributed by atoms with Crippen molar-refractivity contribution in [2.75, 3.05) is 26.2 Å². The average molecular weight is 214 g/mol. The first-order valence-corrected chi connectivity index (χ1v) is 5.44. The number of cyclic esters (lactones) is 1. The van der Waals surface area contributed by atoms with Crippen LogP contribution in [0.1, 0.15) is 19.8 Å². The van der Waals surface area contributed by atoms with Crippen LogP contribution in [0.5, 0.6) is 0 Å². The van der Waals surface area contributed by atoms with Gasteiger partial charge in [-0.1, -0.05) is 0 Å². The number of alkyl carbamates (subject to hydrolysis) is 1. The van der Waals surface area contributed by atoms with Crippen molar-refractivity contribution < 1.29 is 14.6 Å². The highest BCUT2D eigenvalue weighted by Gasteiger charge is 2.30. The molecule has 1 atom stereocenters. The average Bonchev–Trinajstić information content (AvgIpc) is 2.55. The molecule has 0 spiro atoms. The van der Waals surface area contributed by atoms with Crippen LogP contribution in [-0.2, 0) is 4.74 Å². The van der Waals surface area contributed by atoms with Gasteiger partial charge in [-0.3, -0.25) is 4.90 Å². The highest BCUT2D eigenvalue weighted by atomic mass is 16.6. The standard InChI is InChI=1S/C10H18N2O3/c1-10(14)2-4-12(5-3-10)7-8-6-11-9(13)15-8/h8,14H,2-7H2,1H3,(H,11,13). The monoisotopic (exact) mass is 214 g/mol. The predicted octanol–water partition coefficient (Wildman–Crippen LogP) is -0.0584. The second-order valence-corrected chi connectivity index (χ2v) is 4.71. The maximum atomic E-state index is 10.8. The number of aliphatic hydroxyl groups is 1. The van der Waals surface area contributed by atoms with Crippen molar-refractivity contribution in [1.29, 1.82) is 0 Å². The predicted molar refractivity (Wildman–Crippen MR) is 54.6 cm³/mol. The Balaban J connectivity index is 1.75. The van der Waals surface area contributed by atoms with E-state index in [2.05, 4.69) is 10.2 Å². The van der Waals surface area contributed by atoms with Crippen LogP contribution in [0.2, 0.25) is 0 Å². The molecule has 0 aliphatic carbocycles. The molecule has 2 N–H and O–H groups in total. The third-order valence-electron chi connectivity index (χ3n) is 3.14. The number of hydrogen-bond acceptors (Lipinski definition) is 4. The molecule has 5 heteroatoms. The van der Waals surface area contributed by atoms with Crippen molar-refractivity contribution in [3.8, 4) is 0 Å². The Hall–Kier alpha value is -0.810. The van der Waals surface area contributed by atoms with E-state index in [0.717, 1.165) is 32.5 Å². The molecular formula is C10H18N2O3. The topological polar surface area (TPSA) is 61.8 Å². The van der Waals surface area contributed by atoms with E-state index in [1.165, 1.54) is 0 Å². The summed E-state index contributed by atoms with van der Waals surface area (Å²) < 4.78 is 5.06. The molecule has 2 aliphatic rings. The molecule has 0 saturated carbocycles. The van der Waals surface area contributed by atoms with Gasteiger partial charge in [-0.05, 0) is 19.8 Å². The molecule has 2 heterocycles. The lowest BCUT2D eigenvalue weighted by Gasteiger charge is -2.36. The van der Waals surface area contributed by atoms with E-state index in [4.69, 9.17) is 4.74 Å². The fourth-order valence-electron chi connectivity index (χ4n) is 2.04. The molecule has 2 saturated heterocycles. The number of ether oxygens (including phenoxy) is 1. The SMILES string of the molecule is CC1(O)CCN(CC2CNC(=O)O2)CC1. The quantitative estimate of drug-likeness (QED) is 0.676. The first-order chi connectivity index (χ1) is 7.05. The summed E-state index contributed by atoms with van der Waals surface area (Å²) in [5.74, 6) is 0. The molecule has 0 radical (unpaired) electrons. The van der Waals surface area contributed by atoms with Crippen molar-refractivity contribution in [2.24, 2.45) is 0 Å². The van der Waals surface area contributed by atoms with E-state index in [0.29, 0.717) is 6.54 Å². The number of rotatable bonds is 2. The lowest BCUT2D eigenvalue weighted by molar-refractivity contribution is -0.0137. The lowest BCUT2D eigenvalue weighted by Crippen LogP contribution is -2.45. The number of carbonyl (C=O) groups is 1. The molecule has 0 aromatic carbocycles. The first-order valence-electron chi connectivity index (χ1n) is 5.44. The number of carbonyl (C=O) groups excluding carboxylic acids is 1. The number of nitrogens with zero attached hydrogens (tertiary/aromatic N) is 1. The second-order valence-electron chi connectivity index (χ2n) is 4.71. The van der Waals surface area contributed by atoms with Gasteiger partial charge in [0.25, 0.3) is 0 Å². The van der Waals surface area contributed by atoms with Crippen molar-refractivity contribution in [1.82, 2.24) is 10.2 Å². The molecule has 0 aromatic rings. The lowest BCUT2D eigenvalue weighted by atomic mass is 9.94. The summed E-state index contributed by atoms with van der Waals surface area (Å²) in [5, 5.41) is 12.4. The van der Waals surface area contributed by atoms with Crippen LogP contribution in [0.3, 0.4) is 0 Å². The molecule has 86 valence electrons. The Bertz CT molecular complexity index is 245. The molecule has 1 amide bonds. The molecule has 1 unspecified atom stereocenters. The van der Waals surface area contributed by atoms with Crippen LogP contribution in [0.15, 0.2) is 0 Å². The Morgan fingerprint density at radius 3 is 2.80 bits per heavy atom.